The molecule has 2 atom stereocenters. The summed E-state index contributed by atoms with van der Waals surface area (Å²) >= 11 is 5.76. The number of hydrogen-bond acceptors (Lipinski definition) is 1. The molecule has 2 N–H and O–H groups in total. The average Bonchev–Trinajstić information content (AvgIpc) is 2.22. The third-order valence-corrected chi connectivity index (χ3v) is 3.91. The summed E-state index contributed by atoms with van der Waals surface area (Å²) in [5, 5.41) is 0.170. The van der Waals surface area contributed by atoms with Crippen LogP contribution in [0.2, 0.25) is 5.02 Å². The fourth-order valence-corrected chi connectivity index (χ4v) is 2.06. The molecule has 0 aromatic heterocycles. The predicted molar refractivity (Wildman–Crippen MR) is 76.3 cm³/mol. The Morgan fingerprint density at radius 1 is 1.33 bits per heavy atom. The van der Waals surface area contributed by atoms with E-state index < -0.39 is 0 Å². The third-order valence-electron chi connectivity index (χ3n) is 3.62. The van der Waals surface area contributed by atoms with Gasteiger partial charge in [0.25, 0.3) is 0 Å². The molecule has 0 aliphatic carbocycles. The van der Waals surface area contributed by atoms with Crippen LogP contribution in [0.5, 0.6) is 0 Å². The Balaban J connectivity index is 2.59. The molecular formula is C15H23ClFN. The van der Waals surface area contributed by atoms with Gasteiger partial charge in [-0.3, -0.25) is 0 Å². The summed E-state index contributed by atoms with van der Waals surface area (Å²) in [6.07, 6.45) is 1.69. The maximum Gasteiger partial charge on any atom is 0.141 e. The molecule has 1 rings (SSSR count). The van der Waals surface area contributed by atoms with E-state index in [9.17, 15) is 4.39 Å². The molecule has 0 amide bonds. The van der Waals surface area contributed by atoms with Crippen molar-refractivity contribution in [3.63, 3.8) is 0 Å². The molecule has 0 bridgehead atoms. The summed E-state index contributed by atoms with van der Waals surface area (Å²) in [4.78, 5) is 0. The molecular weight excluding hydrogens is 249 g/mol. The molecule has 0 spiro atoms. The highest BCUT2D eigenvalue weighted by molar-refractivity contribution is 6.30. The predicted octanol–water partition coefficient (Wildman–Crippen LogP) is 4.42. The zero-order chi connectivity index (χ0) is 13.9. The number of rotatable bonds is 4. The largest absolute Gasteiger partial charge is 0.327 e. The molecule has 0 fully saturated rings. The first-order valence-corrected chi connectivity index (χ1v) is 6.77. The summed E-state index contributed by atoms with van der Waals surface area (Å²) in [5.74, 6) is 0.167. The van der Waals surface area contributed by atoms with E-state index in [4.69, 9.17) is 17.3 Å². The van der Waals surface area contributed by atoms with E-state index in [2.05, 4.69) is 27.7 Å². The summed E-state index contributed by atoms with van der Waals surface area (Å²) in [5.41, 5.74) is 7.41. The summed E-state index contributed by atoms with van der Waals surface area (Å²) < 4.78 is 13.0. The molecule has 102 valence electrons. The van der Waals surface area contributed by atoms with Crippen LogP contribution in [0.25, 0.3) is 0 Å². The number of nitrogens with two attached hydrogens (primary N) is 1. The summed E-state index contributed by atoms with van der Waals surface area (Å²) in [6.45, 7) is 8.88. The van der Waals surface area contributed by atoms with Gasteiger partial charge in [-0.25, -0.2) is 4.39 Å². The lowest BCUT2D eigenvalue weighted by Crippen LogP contribution is -2.30. The van der Waals surface area contributed by atoms with Crippen LogP contribution in [0.3, 0.4) is 0 Å². The zero-order valence-electron chi connectivity index (χ0n) is 11.6. The molecule has 1 nitrogen and oxygen atoms in total. The lowest BCUT2D eigenvalue weighted by atomic mass is 9.78. The second kappa shape index (κ2) is 6.03. The van der Waals surface area contributed by atoms with E-state index in [0.717, 1.165) is 18.4 Å². The van der Waals surface area contributed by atoms with Crippen molar-refractivity contribution in [1.82, 2.24) is 0 Å². The molecule has 0 radical (unpaired) electrons. The highest BCUT2D eigenvalue weighted by Gasteiger charge is 2.22. The molecule has 3 heteroatoms. The lowest BCUT2D eigenvalue weighted by Gasteiger charge is -2.29. The Hall–Kier alpha value is -0.600. The molecule has 1 aromatic carbocycles. The fourth-order valence-electron chi connectivity index (χ4n) is 1.86. The molecule has 0 aliphatic heterocycles. The van der Waals surface area contributed by atoms with Crippen molar-refractivity contribution in [2.75, 3.05) is 0 Å². The van der Waals surface area contributed by atoms with E-state index in [1.807, 2.05) is 0 Å². The van der Waals surface area contributed by atoms with Crippen LogP contribution in [0.4, 0.5) is 4.39 Å². The topological polar surface area (TPSA) is 26.0 Å². The molecule has 0 heterocycles. The van der Waals surface area contributed by atoms with Crippen molar-refractivity contribution in [2.45, 2.75) is 46.6 Å². The standard InChI is InChI=1S/C15H23ClFN/c1-10(15(2,3)4)7-12(18)8-11-5-6-14(17)13(16)9-11/h5-6,9-10,12H,7-8,18H2,1-4H3. The SMILES string of the molecule is CC(CC(N)Cc1ccc(F)c(Cl)c1)C(C)(C)C. The van der Waals surface area contributed by atoms with Gasteiger partial charge in [0.1, 0.15) is 5.82 Å². The van der Waals surface area contributed by atoms with E-state index in [-0.39, 0.29) is 22.3 Å². The smallest absolute Gasteiger partial charge is 0.141 e. The minimum absolute atomic E-state index is 0.0840. The van der Waals surface area contributed by atoms with Crippen molar-refractivity contribution in [3.05, 3.63) is 34.6 Å². The van der Waals surface area contributed by atoms with Gasteiger partial charge in [-0.15, -0.1) is 0 Å². The highest BCUT2D eigenvalue weighted by atomic mass is 35.5. The van der Waals surface area contributed by atoms with Gasteiger partial charge in [-0.1, -0.05) is 45.4 Å². The Kier molecular flexibility index (Phi) is 5.18. The van der Waals surface area contributed by atoms with Crippen LogP contribution >= 0.6 is 11.6 Å². The molecule has 18 heavy (non-hydrogen) atoms. The summed E-state index contributed by atoms with van der Waals surface area (Å²) in [7, 11) is 0. The van der Waals surface area contributed by atoms with E-state index in [1.165, 1.54) is 6.07 Å². The van der Waals surface area contributed by atoms with Crippen molar-refractivity contribution in [3.8, 4) is 0 Å². The molecule has 0 saturated heterocycles. The van der Waals surface area contributed by atoms with E-state index in [0.29, 0.717) is 5.92 Å². The first kappa shape index (κ1) is 15.5. The second-order valence-corrected chi connectivity index (χ2v) is 6.62. The van der Waals surface area contributed by atoms with Gasteiger partial charge in [0.05, 0.1) is 5.02 Å². The van der Waals surface area contributed by atoms with E-state index in [1.54, 1.807) is 12.1 Å². The summed E-state index contributed by atoms with van der Waals surface area (Å²) in [6, 6.07) is 4.90. The Labute approximate surface area is 115 Å². The van der Waals surface area contributed by atoms with Crippen molar-refractivity contribution < 1.29 is 4.39 Å². The Morgan fingerprint density at radius 2 is 1.94 bits per heavy atom. The zero-order valence-corrected chi connectivity index (χ0v) is 12.4. The van der Waals surface area contributed by atoms with Gasteiger partial charge >= 0.3 is 0 Å². The average molecular weight is 272 g/mol. The maximum absolute atomic E-state index is 13.0. The van der Waals surface area contributed by atoms with Gasteiger partial charge in [-0.2, -0.15) is 0 Å². The normalized spacial score (nSPS) is 15.5. The highest BCUT2D eigenvalue weighted by Crippen LogP contribution is 2.29. The second-order valence-electron chi connectivity index (χ2n) is 6.22. The first-order chi connectivity index (χ1) is 8.20. The number of hydrogen-bond donors (Lipinski definition) is 1. The molecule has 2 unspecified atom stereocenters. The van der Waals surface area contributed by atoms with Gasteiger partial charge in [-0.05, 0) is 41.9 Å². The van der Waals surface area contributed by atoms with Crippen LogP contribution in [-0.2, 0) is 6.42 Å². The van der Waals surface area contributed by atoms with Crippen LogP contribution in [0.1, 0.15) is 39.7 Å². The minimum Gasteiger partial charge on any atom is -0.327 e. The Morgan fingerprint density at radius 3 is 2.44 bits per heavy atom. The minimum atomic E-state index is -0.378. The van der Waals surface area contributed by atoms with Gasteiger partial charge in [0, 0.05) is 6.04 Å². The monoisotopic (exact) mass is 271 g/mol. The maximum atomic E-state index is 13.0. The van der Waals surface area contributed by atoms with E-state index >= 15 is 0 Å². The number of halogens is 2. The van der Waals surface area contributed by atoms with Crippen LogP contribution < -0.4 is 5.73 Å². The van der Waals surface area contributed by atoms with Gasteiger partial charge < -0.3 is 5.73 Å². The van der Waals surface area contributed by atoms with Crippen LogP contribution in [-0.4, -0.2) is 6.04 Å². The fraction of sp³-hybridized carbons (Fsp3) is 0.600. The van der Waals surface area contributed by atoms with Gasteiger partial charge in [0.15, 0.2) is 0 Å². The molecule has 0 saturated carbocycles. The van der Waals surface area contributed by atoms with Crippen LogP contribution in [0, 0.1) is 17.2 Å². The van der Waals surface area contributed by atoms with Crippen LogP contribution in [0.15, 0.2) is 18.2 Å². The third kappa shape index (κ3) is 4.58. The Bertz CT molecular complexity index is 398. The quantitative estimate of drug-likeness (QED) is 0.862. The molecule has 0 aliphatic rings. The lowest BCUT2D eigenvalue weighted by molar-refractivity contribution is 0.233. The first-order valence-electron chi connectivity index (χ1n) is 6.39. The van der Waals surface area contributed by atoms with Gasteiger partial charge in [0.2, 0.25) is 0 Å². The number of benzene rings is 1. The molecule has 1 aromatic rings. The van der Waals surface area contributed by atoms with Crippen molar-refractivity contribution in [2.24, 2.45) is 17.1 Å². The van der Waals surface area contributed by atoms with Crippen molar-refractivity contribution >= 4 is 11.6 Å². The van der Waals surface area contributed by atoms with Crippen molar-refractivity contribution in [1.29, 1.82) is 0 Å².